The summed E-state index contributed by atoms with van der Waals surface area (Å²) in [6.07, 6.45) is 32.1. The second kappa shape index (κ2) is 22.7. The van der Waals surface area contributed by atoms with Crippen LogP contribution < -0.4 is 0 Å². The molecule has 37 heavy (non-hydrogen) atoms. The van der Waals surface area contributed by atoms with Crippen LogP contribution in [0.2, 0.25) is 0 Å². The van der Waals surface area contributed by atoms with Crippen LogP contribution >= 0.6 is 0 Å². The molecule has 0 aliphatic heterocycles. The largest absolute Gasteiger partial charge is 0.309 e. The van der Waals surface area contributed by atoms with Crippen molar-refractivity contribution in [1.29, 1.82) is 0 Å². The maximum atomic E-state index is 2.51. The highest BCUT2D eigenvalue weighted by molar-refractivity contribution is 4.86. The number of rotatable bonds is 27. The Morgan fingerprint density at radius 2 is 1.11 bits per heavy atom. The van der Waals surface area contributed by atoms with Crippen LogP contribution in [0.15, 0.2) is 0 Å². The molecule has 0 radical (unpaired) electrons. The molecule has 0 spiro atoms. The Balaban J connectivity index is 2.61. The smallest absolute Gasteiger partial charge is 0.000621 e. The van der Waals surface area contributed by atoms with Gasteiger partial charge in [0, 0.05) is 6.54 Å². The Bertz CT molecular complexity index is 485. The topological polar surface area (TPSA) is 3.24 Å². The summed E-state index contributed by atoms with van der Waals surface area (Å²) in [6.45, 7) is 13.3. The fourth-order valence-electron chi connectivity index (χ4n) is 7.21. The summed E-state index contributed by atoms with van der Waals surface area (Å²) in [7, 11) is 4.64. The van der Waals surface area contributed by atoms with E-state index in [1.165, 1.54) is 141 Å². The van der Waals surface area contributed by atoms with E-state index in [1.807, 2.05) is 0 Å². The van der Waals surface area contributed by atoms with Crippen LogP contribution in [0, 0.1) is 35.5 Å². The van der Waals surface area contributed by atoms with Gasteiger partial charge in [-0.15, -0.1) is 0 Å². The van der Waals surface area contributed by atoms with E-state index in [-0.39, 0.29) is 0 Å². The van der Waals surface area contributed by atoms with Crippen molar-refractivity contribution in [2.75, 3.05) is 20.6 Å². The molecule has 0 aromatic carbocycles. The molecular weight excluding hydrogens is 446 g/mol. The fourth-order valence-corrected chi connectivity index (χ4v) is 7.21. The van der Waals surface area contributed by atoms with Crippen molar-refractivity contribution in [1.82, 2.24) is 4.90 Å². The predicted molar refractivity (Wildman–Crippen MR) is 169 cm³/mol. The van der Waals surface area contributed by atoms with Crippen LogP contribution in [-0.2, 0) is 0 Å². The molecule has 0 bridgehead atoms. The molecule has 1 fully saturated rings. The molecule has 0 N–H and O–H groups in total. The quantitative estimate of drug-likeness (QED) is 0.0975. The van der Waals surface area contributed by atoms with Crippen molar-refractivity contribution in [3.63, 3.8) is 0 Å². The first-order valence-electron chi connectivity index (χ1n) is 17.6. The Hall–Kier alpha value is -0.0400. The lowest BCUT2D eigenvalue weighted by Crippen LogP contribution is -2.28. The molecule has 0 aromatic heterocycles. The Morgan fingerprint density at radius 3 is 1.76 bits per heavy atom. The summed E-state index contributed by atoms with van der Waals surface area (Å²) in [5.41, 5.74) is 0. The van der Waals surface area contributed by atoms with Gasteiger partial charge in [0.25, 0.3) is 0 Å². The van der Waals surface area contributed by atoms with E-state index in [4.69, 9.17) is 0 Å². The van der Waals surface area contributed by atoms with E-state index in [1.54, 1.807) is 6.42 Å². The summed E-state index contributed by atoms with van der Waals surface area (Å²) >= 11 is 0. The first kappa shape index (κ1) is 35.0. The minimum absolute atomic E-state index is 0.911. The van der Waals surface area contributed by atoms with Crippen molar-refractivity contribution in [3.05, 3.63) is 0 Å². The van der Waals surface area contributed by atoms with Gasteiger partial charge in [-0.3, -0.25) is 0 Å². The maximum Gasteiger partial charge on any atom is 0.000621 e. The third-order valence-electron chi connectivity index (χ3n) is 9.97. The van der Waals surface area contributed by atoms with E-state index in [0.29, 0.717) is 0 Å². The summed E-state index contributed by atoms with van der Waals surface area (Å²) in [5.74, 6) is 5.96. The molecule has 1 nitrogen and oxygen atoms in total. The zero-order valence-corrected chi connectivity index (χ0v) is 27.2. The highest BCUT2D eigenvalue weighted by Gasteiger charge is 2.35. The van der Waals surface area contributed by atoms with Crippen LogP contribution in [0.3, 0.4) is 0 Å². The molecule has 1 aliphatic rings. The molecular formula is C36H73N. The second-order valence-corrected chi connectivity index (χ2v) is 13.8. The summed E-state index contributed by atoms with van der Waals surface area (Å²) in [4.78, 5) is 2.50. The number of unbranched alkanes of at least 4 members (excludes halogenated alkanes) is 5. The predicted octanol–water partition coefficient (Wildman–Crippen LogP) is 11.9. The molecule has 0 aromatic rings. The van der Waals surface area contributed by atoms with Gasteiger partial charge in [0.2, 0.25) is 0 Å². The molecule has 222 valence electrons. The number of hydrogen-bond acceptors (Lipinski definition) is 1. The molecule has 1 heteroatoms. The van der Waals surface area contributed by atoms with Gasteiger partial charge in [-0.2, -0.15) is 0 Å². The average molecular weight is 520 g/mol. The normalized spacial score (nSPS) is 20.8. The van der Waals surface area contributed by atoms with E-state index in [0.717, 1.165) is 35.5 Å². The van der Waals surface area contributed by atoms with E-state index >= 15 is 0 Å². The SMILES string of the molecule is CCCCCC(CC)CCCC(CN(C)C)C(CCCC(C)CCCC)CCCC1CC1CCCCC. The second-order valence-electron chi connectivity index (χ2n) is 13.8. The summed E-state index contributed by atoms with van der Waals surface area (Å²) in [6, 6.07) is 0. The van der Waals surface area contributed by atoms with Crippen LogP contribution in [0.1, 0.15) is 176 Å². The summed E-state index contributed by atoms with van der Waals surface area (Å²) < 4.78 is 0. The number of nitrogens with zero attached hydrogens (tertiary/aromatic N) is 1. The highest BCUT2D eigenvalue weighted by Crippen LogP contribution is 2.46. The van der Waals surface area contributed by atoms with Gasteiger partial charge in [-0.1, -0.05) is 163 Å². The molecule has 6 atom stereocenters. The van der Waals surface area contributed by atoms with Crippen LogP contribution in [0.25, 0.3) is 0 Å². The van der Waals surface area contributed by atoms with Crippen molar-refractivity contribution >= 4 is 0 Å². The minimum atomic E-state index is 0.911. The van der Waals surface area contributed by atoms with Gasteiger partial charge >= 0.3 is 0 Å². The van der Waals surface area contributed by atoms with Gasteiger partial charge < -0.3 is 4.90 Å². The zero-order valence-electron chi connectivity index (χ0n) is 27.2. The first-order chi connectivity index (χ1) is 17.9. The fraction of sp³-hybridized carbons (Fsp3) is 1.00. The standard InChI is InChI=1S/C36H73N/c1-8-12-15-22-32(11-4)23-18-28-36(30-37(6)7)33(25-17-21-31(5)20-14-10-3)26-19-27-35-29-34(35)24-16-13-9-2/h31-36H,8-30H2,1-7H3. The first-order valence-corrected chi connectivity index (χ1v) is 17.6. The highest BCUT2D eigenvalue weighted by atomic mass is 15.1. The molecule has 0 saturated heterocycles. The van der Waals surface area contributed by atoms with Gasteiger partial charge in [0.1, 0.15) is 0 Å². The van der Waals surface area contributed by atoms with Crippen LogP contribution in [0.5, 0.6) is 0 Å². The zero-order chi connectivity index (χ0) is 27.3. The average Bonchev–Trinajstić information content (AvgIpc) is 3.62. The van der Waals surface area contributed by atoms with Gasteiger partial charge in [0.05, 0.1) is 0 Å². The number of hydrogen-bond donors (Lipinski definition) is 0. The molecule has 6 unspecified atom stereocenters. The summed E-state index contributed by atoms with van der Waals surface area (Å²) in [5, 5.41) is 0. The molecule has 1 rings (SSSR count). The van der Waals surface area contributed by atoms with E-state index in [2.05, 4.69) is 53.6 Å². The van der Waals surface area contributed by atoms with Crippen LogP contribution in [-0.4, -0.2) is 25.5 Å². The van der Waals surface area contributed by atoms with Crippen LogP contribution in [0.4, 0.5) is 0 Å². The molecule has 1 aliphatic carbocycles. The van der Waals surface area contributed by atoms with Crippen molar-refractivity contribution < 1.29 is 0 Å². The lowest BCUT2D eigenvalue weighted by atomic mass is 9.79. The van der Waals surface area contributed by atoms with Gasteiger partial charge in [-0.05, 0) is 62.4 Å². The Kier molecular flexibility index (Phi) is 21.5. The molecule has 0 amide bonds. The van der Waals surface area contributed by atoms with Crippen molar-refractivity contribution in [3.8, 4) is 0 Å². The third kappa shape index (κ3) is 18.0. The maximum absolute atomic E-state index is 2.51. The monoisotopic (exact) mass is 520 g/mol. The van der Waals surface area contributed by atoms with E-state index in [9.17, 15) is 0 Å². The van der Waals surface area contributed by atoms with Gasteiger partial charge in [-0.25, -0.2) is 0 Å². The molecule has 1 saturated carbocycles. The molecule has 0 heterocycles. The third-order valence-corrected chi connectivity index (χ3v) is 9.97. The minimum Gasteiger partial charge on any atom is -0.309 e. The van der Waals surface area contributed by atoms with E-state index < -0.39 is 0 Å². The Labute approximate surface area is 236 Å². The van der Waals surface area contributed by atoms with Gasteiger partial charge in [0.15, 0.2) is 0 Å². The van der Waals surface area contributed by atoms with Crippen molar-refractivity contribution in [2.45, 2.75) is 176 Å². The lowest BCUT2D eigenvalue weighted by molar-refractivity contribution is 0.195. The Morgan fingerprint density at radius 1 is 0.568 bits per heavy atom. The lowest BCUT2D eigenvalue weighted by Gasteiger charge is -2.31. The van der Waals surface area contributed by atoms with Crippen molar-refractivity contribution in [2.24, 2.45) is 35.5 Å².